The lowest BCUT2D eigenvalue weighted by Crippen LogP contribution is -1.95. The van der Waals surface area contributed by atoms with Crippen LogP contribution in [0.3, 0.4) is 0 Å². The molecule has 3 aromatic heterocycles. The molecule has 0 radical (unpaired) electrons. The number of rotatable bonds is 4. The van der Waals surface area contributed by atoms with Crippen molar-refractivity contribution < 1.29 is 9.59 Å². The molecule has 3 rings (SSSR count). The number of hydrogen-bond donors (Lipinski definition) is 1. The second-order valence-electron chi connectivity index (χ2n) is 4.74. The third-order valence-corrected chi connectivity index (χ3v) is 4.28. The minimum atomic E-state index is 0.250. The number of carbonyl (C=O) groups excluding carboxylic acids is 2. The molecule has 0 fully saturated rings. The lowest BCUT2D eigenvalue weighted by atomic mass is 10.2. The van der Waals surface area contributed by atoms with Crippen LogP contribution in [-0.4, -0.2) is 21.1 Å². The minimum Gasteiger partial charge on any atom is -0.316 e. The largest absolute Gasteiger partial charge is 0.373 e. The standard InChI is InChI=1S/C16H16N4S.CO2/c1-3-13-14(12-8-4-5-9-17-12)19-16(21-13)20-15-11(2)7-6-10-18-15;2-1-3/h4-10H,3H2,1-2H3,(H,18,19,20);. The topological polar surface area (TPSA) is 84.8 Å². The second kappa shape index (κ2) is 8.67. The molecule has 122 valence electrons. The molecule has 0 aliphatic carbocycles. The predicted molar refractivity (Wildman–Crippen MR) is 92.0 cm³/mol. The van der Waals surface area contributed by atoms with Gasteiger partial charge in [0.15, 0.2) is 5.13 Å². The lowest BCUT2D eigenvalue weighted by molar-refractivity contribution is -0.191. The van der Waals surface area contributed by atoms with Gasteiger partial charge in [0, 0.05) is 17.3 Å². The van der Waals surface area contributed by atoms with Crippen molar-refractivity contribution in [3.8, 4) is 11.4 Å². The molecule has 0 bridgehead atoms. The number of aryl methyl sites for hydroxylation is 2. The molecule has 0 saturated carbocycles. The molecule has 0 aliphatic heterocycles. The molecule has 6 nitrogen and oxygen atoms in total. The third-order valence-electron chi connectivity index (χ3n) is 3.16. The average molecular weight is 340 g/mol. The number of nitrogens with one attached hydrogen (secondary N) is 1. The first-order valence-corrected chi connectivity index (χ1v) is 8.10. The summed E-state index contributed by atoms with van der Waals surface area (Å²) in [7, 11) is 0. The zero-order valence-corrected chi connectivity index (χ0v) is 14.1. The minimum absolute atomic E-state index is 0.250. The summed E-state index contributed by atoms with van der Waals surface area (Å²) in [6.45, 7) is 4.17. The van der Waals surface area contributed by atoms with Gasteiger partial charge >= 0.3 is 6.15 Å². The fourth-order valence-corrected chi connectivity index (χ4v) is 2.97. The number of aromatic nitrogens is 3. The van der Waals surface area contributed by atoms with Crippen molar-refractivity contribution in [3.63, 3.8) is 0 Å². The Morgan fingerprint density at radius 3 is 2.50 bits per heavy atom. The molecule has 1 N–H and O–H groups in total. The summed E-state index contributed by atoms with van der Waals surface area (Å²) in [4.78, 5) is 30.9. The van der Waals surface area contributed by atoms with Crippen molar-refractivity contribution in [2.75, 3.05) is 5.32 Å². The number of anilines is 2. The van der Waals surface area contributed by atoms with Crippen LogP contribution in [0.1, 0.15) is 17.4 Å². The van der Waals surface area contributed by atoms with Gasteiger partial charge in [0.1, 0.15) is 11.5 Å². The molecule has 0 spiro atoms. The van der Waals surface area contributed by atoms with Crippen molar-refractivity contribution in [1.82, 2.24) is 15.0 Å². The zero-order valence-electron chi connectivity index (χ0n) is 13.3. The Hall–Kier alpha value is -2.89. The van der Waals surface area contributed by atoms with Crippen molar-refractivity contribution in [3.05, 3.63) is 53.2 Å². The van der Waals surface area contributed by atoms with E-state index in [0.717, 1.165) is 34.3 Å². The first-order valence-electron chi connectivity index (χ1n) is 7.28. The van der Waals surface area contributed by atoms with E-state index < -0.39 is 0 Å². The van der Waals surface area contributed by atoms with Crippen LogP contribution >= 0.6 is 11.3 Å². The molecular formula is C17H16N4O2S. The summed E-state index contributed by atoms with van der Waals surface area (Å²) in [5.74, 6) is 0.849. The summed E-state index contributed by atoms with van der Waals surface area (Å²) in [5.41, 5.74) is 2.97. The fraction of sp³-hybridized carbons (Fsp3) is 0.176. The highest BCUT2D eigenvalue weighted by Gasteiger charge is 2.13. The first kappa shape index (κ1) is 17.5. The quantitative estimate of drug-likeness (QED) is 0.780. The van der Waals surface area contributed by atoms with E-state index in [1.54, 1.807) is 23.7 Å². The maximum Gasteiger partial charge on any atom is 0.373 e. The lowest BCUT2D eigenvalue weighted by Gasteiger charge is -2.03. The predicted octanol–water partition coefficient (Wildman–Crippen LogP) is 3.63. The summed E-state index contributed by atoms with van der Waals surface area (Å²) < 4.78 is 0. The molecule has 7 heteroatoms. The van der Waals surface area contributed by atoms with E-state index in [0.29, 0.717) is 0 Å². The van der Waals surface area contributed by atoms with Gasteiger partial charge < -0.3 is 5.32 Å². The van der Waals surface area contributed by atoms with Crippen molar-refractivity contribution in [1.29, 1.82) is 0 Å². The van der Waals surface area contributed by atoms with Gasteiger partial charge in [-0.3, -0.25) is 4.98 Å². The Morgan fingerprint density at radius 1 is 1.12 bits per heavy atom. The normalized spacial score (nSPS) is 9.58. The van der Waals surface area contributed by atoms with Crippen LogP contribution in [0.2, 0.25) is 0 Å². The second-order valence-corrected chi connectivity index (χ2v) is 5.82. The molecule has 24 heavy (non-hydrogen) atoms. The zero-order chi connectivity index (χ0) is 17.4. The van der Waals surface area contributed by atoms with Gasteiger partial charge in [-0.2, -0.15) is 9.59 Å². The third kappa shape index (κ3) is 4.32. The van der Waals surface area contributed by atoms with Crippen LogP contribution in [0, 0.1) is 6.92 Å². The van der Waals surface area contributed by atoms with Gasteiger partial charge in [0.05, 0.1) is 5.69 Å². The summed E-state index contributed by atoms with van der Waals surface area (Å²) in [6, 6.07) is 9.85. The highest BCUT2D eigenvalue weighted by atomic mass is 32.1. The van der Waals surface area contributed by atoms with Crippen LogP contribution in [0.4, 0.5) is 10.9 Å². The Balaban J connectivity index is 0.000000647. The summed E-state index contributed by atoms with van der Waals surface area (Å²) in [6.07, 6.45) is 4.76. The number of thiazole rings is 1. The van der Waals surface area contributed by atoms with Crippen molar-refractivity contribution in [2.24, 2.45) is 0 Å². The van der Waals surface area contributed by atoms with Gasteiger partial charge in [-0.05, 0) is 37.1 Å². The van der Waals surface area contributed by atoms with Crippen LogP contribution in [-0.2, 0) is 16.0 Å². The molecule has 0 saturated heterocycles. The van der Waals surface area contributed by atoms with E-state index in [9.17, 15) is 0 Å². The number of pyridine rings is 2. The summed E-state index contributed by atoms with van der Waals surface area (Å²) in [5, 5.41) is 4.16. The van der Waals surface area contributed by atoms with Crippen molar-refractivity contribution in [2.45, 2.75) is 20.3 Å². The number of nitrogens with zero attached hydrogens (tertiary/aromatic N) is 3. The van der Waals surface area contributed by atoms with Gasteiger partial charge in [-0.15, -0.1) is 11.3 Å². The Labute approximate surface area is 143 Å². The van der Waals surface area contributed by atoms with Crippen LogP contribution in [0.15, 0.2) is 42.7 Å². The van der Waals surface area contributed by atoms with Crippen LogP contribution in [0.25, 0.3) is 11.4 Å². The van der Waals surface area contributed by atoms with E-state index >= 15 is 0 Å². The van der Waals surface area contributed by atoms with Gasteiger partial charge in [0.2, 0.25) is 0 Å². The van der Waals surface area contributed by atoms with Gasteiger partial charge in [-0.1, -0.05) is 19.1 Å². The van der Waals surface area contributed by atoms with Crippen molar-refractivity contribution >= 4 is 28.4 Å². The highest BCUT2D eigenvalue weighted by Crippen LogP contribution is 2.32. The SMILES string of the molecule is CCc1sc(Nc2ncccc2C)nc1-c1ccccn1.O=C=O. The molecule has 3 heterocycles. The van der Waals surface area contributed by atoms with E-state index in [1.807, 2.05) is 37.3 Å². The molecule has 0 unspecified atom stereocenters. The van der Waals surface area contributed by atoms with E-state index in [4.69, 9.17) is 14.6 Å². The fourth-order valence-electron chi connectivity index (χ4n) is 2.07. The highest BCUT2D eigenvalue weighted by molar-refractivity contribution is 7.16. The Morgan fingerprint density at radius 2 is 1.88 bits per heavy atom. The van der Waals surface area contributed by atoms with E-state index in [2.05, 4.69) is 22.2 Å². The van der Waals surface area contributed by atoms with Gasteiger partial charge in [-0.25, -0.2) is 9.97 Å². The van der Waals surface area contributed by atoms with E-state index in [1.165, 1.54) is 4.88 Å². The summed E-state index contributed by atoms with van der Waals surface area (Å²) >= 11 is 1.66. The Bertz CT molecular complexity index is 828. The van der Waals surface area contributed by atoms with Crippen LogP contribution < -0.4 is 5.32 Å². The maximum absolute atomic E-state index is 8.12. The molecular weight excluding hydrogens is 324 g/mol. The van der Waals surface area contributed by atoms with E-state index in [-0.39, 0.29) is 6.15 Å². The molecule has 0 amide bonds. The van der Waals surface area contributed by atoms with Crippen LogP contribution in [0.5, 0.6) is 0 Å². The first-order chi connectivity index (χ1) is 11.7. The molecule has 0 aliphatic rings. The Kier molecular flexibility index (Phi) is 6.31. The molecule has 0 atom stereocenters. The monoisotopic (exact) mass is 340 g/mol. The maximum atomic E-state index is 8.12. The molecule has 0 aromatic carbocycles. The average Bonchev–Trinajstić information content (AvgIpc) is 3.01. The number of hydrogen-bond acceptors (Lipinski definition) is 7. The smallest absolute Gasteiger partial charge is 0.316 e. The van der Waals surface area contributed by atoms with Gasteiger partial charge in [0.25, 0.3) is 0 Å². The molecule has 3 aromatic rings.